The number of carbonyl (C=O) groups is 3. The molecule has 2 rings (SSSR count). The maximum Gasteiger partial charge on any atom is 0.258 e. The third kappa shape index (κ3) is 4.75. The van der Waals surface area contributed by atoms with Gasteiger partial charge in [-0.3, -0.25) is 14.4 Å². The molecular formula is C17H21N3O3. The Morgan fingerprint density at radius 2 is 1.70 bits per heavy atom. The molecule has 0 saturated heterocycles. The third-order valence-electron chi connectivity index (χ3n) is 3.57. The molecule has 0 aromatic heterocycles. The number of nitrogens with zero attached hydrogens (tertiary/aromatic N) is 1. The minimum absolute atomic E-state index is 0.0520. The molecule has 0 radical (unpaired) electrons. The molecule has 3 amide bonds. The van der Waals surface area contributed by atoms with Crippen molar-refractivity contribution in [2.45, 2.75) is 19.3 Å². The lowest BCUT2D eigenvalue weighted by molar-refractivity contribution is -0.121. The van der Waals surface area contributed by atoms with Gasteiger partial charge in [-0.25, -0.2) is 4.90 Å². The molecule has 6 heteroatoms. The number of aryl methyl sites for hydroxylation is 1. The number of anilines is 1. The van der Waals surface area contributed by atoms with Crippen molar-refractivity contribution >= 4 is 23.4 Å². The first-order chi connectivity index (χ1) is 11.1. The number of benzene rings is 1. The summed E-state index contributed by atoms with van der Waals surface area (Å²) in [6.45, 7) is 1.39. The summed E-state index contributed by atoms with van der Waals surface area (Å²) in [5.41, 5.74) is 1.64. The molecule has 0 atom stereocenters. The highest BCUT2D eigenvalue weighted by Gasteiger charge is 2.24. The second-order valence-corrected chi connectivity index (χ2v) is 5.32. The Morgan fingerprint density at radius 1 is 1.04 bits per heavy atom. The topological polar surface area (TPSA) is 78.5 Å². The summed E-state index contributed by atoms with van der Waals surface area (Å²) >= 11 is 0. The molecule has 1 aromatic rings. The van der Waals surface area contributed by atoms with E-state index in [4.69, 9.17) is 0 Å². The van der Waals surface area contributed by atoms with Gasteiger partial charge in [0.2, 0.25) is 5.91 Å². The Hall–Kier alpha value is -2.47. The zero-order valence-corrected chi connectivity index (χ0v) is 13.2. The monoisotopic (exact) mass is 315 g/mol. The van der Waals surface area contributed by atoms with Crippen LogP contribution in [0.25, 0.3) is 0 Å². The number of carbonyl (C=O) groups excluding carboxylic acids is 3. The number of amides is 3. The van der Waals surface area contributed by atoms with Crippen molar-refractivity contribution < 1.29 is 14.4 Å². The molecule has 1 aromatic carbocycles. The number of nitrogens with one attached hydrogen (secondary N) is 2. The summed E-state index contributed by atoms with van der Waals surface area (Å²) in [5.74, 6) is -0.585. The summed E-state index contributed by atoms with van der Waals surface area (Å²) in [4.78, 5) is 35.9. The largest absolute Gasteiger partial charge is 0.355 e. The fourth-order valence-corrected chi connectivity index (χ4v) is 2.33. The molecule has 0 spiro atoms. The SMILES string of the molecule is CNCCNC(=O)CCCc1ccc(N2C(=O)C=CC2=O)cc1. The van der Waals surface area contributed by atoms with Crippen molar-refractivity contribution in [2.24, 2.45) is 0 Å². The van der Waals surface area contributed by atoms with Gasteiger partial charge in [0.05, 0.1) is 5.69 Å². The number of hydrogen-bond acceptors (Lipinski definition) is 4. The van der Waals surface area contributed by atoms with E-state index in [2.05, 4.69) is 10.6 Å². The Labute approximate surface area is 135 Å². The molecule has 6 nitrogen and oxygen atoms in total. The minimum atomic E-state index is -0.319. The van der Waals surface area contributed by atoms with Crippen LogP contribution in [0.2, 0.25) is 0 Å². The highest BCUT2D eigenvalue weighted by atomic mass is 16.2. The predicted octanol–water partition coefficient (Wildman–Crippen LogP) is 0.774. The van der Waals surface area contributed by atoms with E-state index in [1.165, 1.54) is 12.2 Å². The van der Waals surface area contributed by atoms with E-state index in [1.54, 1.807) is 12.1 Å². The zero-order valence-electron chi connectivity index (χ0n) is 13.2. The standard InChI is InChI=1S/C17H21N3O3/c1-18-11-12-19-15(21)4-2-3-13-5-7-14(8-6-13)20-16(22)9-10-17(20)23/h5-10,18H,2-4,11-12H2,1H3,(H,19,21). The average Bonchev–Trinajstić information content (AvgIpc) is 2.87. The molecule has 0 fully saturated rings. The molecule has 0 aliphatic carbocycles. The van der Waals surface area contributed by atoms with Gasteiger partial charge in [0.15, 0.2) is 0 Å². The van der Waals surface area contributed by atoms with Crippen LogP contribution in [-0.2, 0) is 20.8 Å². The van der Waals surface area contributed by atoms with Crippen LogP contribution in [-0.4, -0.2) is 37.9 Å². The van der Waals surface area contributed by atoms with E-state index in [-0.39, 0.29) is 17.7 Å². The Bertz CT molecular complexity index is 590. The molecule has 0 unspecified atom stereocenters. The maximum absolute atomic E-state index is 11.6. The molecular weight excluding hydrogens is 294 g/mol. The summed E-state index contributed by atoms with van der Waals surface area (Å²) in [5, 5.41) is 5.80. The van der Waals surface area contributed by atoms with Gasteiger partial charge in [0.1, 0.15) is 0 Å². The second-order valence-electron chi connectivity index (χ2n) is 5.32. The van der Waals surface area contributed by atoms with E-state index in [0.29, 0.717) is 18.7 Å². The number of hydrogen-bond donors (Lipinski definition) is 2. The fraction of sp³-hybridized carbons (Fsp3) is 0.353. The Morgan fingerprint density at radius 3 is 2.30 bits per heavy atom. The normalized spacial score (nSPS) is 13.7. The lowest BCUT2D eigenvalue weighted by Crippen LogP contribution is -2.30. The van der Waals surface area contributed by atoms with Gasteiger partial charge >= 0.3 is 0 Å². The lowest BCUT2D eigenvalue weighted by Gasteiger charge is -2.14. The molecule has 23 heavy (non-hydrogen) atoms. The first-order valence-electron chi connectivity index (χ1n) is 7.68. The van der Waals surface area contributed by atoms with Gasteiger partial charge in [0.25, 0.3) is 11.8 Å². The summed E-state index contributed by atoms with van der Waals surface area (Å²) in [6, 6.07) is 7.27. The lowest BCUT2D eigenvalue weighted by atomic mass is 10.1. The number of imide groups is 1. The van der Waals surface area contributed by atoms with Crippen molar-refractivity contribution in [1.29, 1.82) is 0 Å². The van der Waals surface area contributed by atoms with Crippen LogP contribution in [0.3, 0.4) is 0 Å². The van der Waals surface area contributed by atoms with Gasteiger partial charge in [0, 0.05) is 31.7 Å². The third-order valence-corrected chi connectivity index (χ3v) is 3.57. The predicted molar refractivity (Wildman–Crippen MR) is 87.9 cm³/mol. The molecule has 1 aliphatic rings. The van der Waals surface area contributed by atoms with Crippen molar-refractivity contribution in [3.05, 3.63) is 42.0 Å². The van der Waals surface area contributed by atoms with Crippen LogP contribution >= 0.6 is 0 Å². The van der Waals surface area contributed by atoms with Crippen LogP contribution in [0.15, 0.2) is 36.4 Å². The number of rotatable bonds is 8. The molecule has 1 heterocycles. The van der Waals surface area contributed by atoms with Gasteiger partial charge in [-0.15, -0.1) is 0 Å². The first-order valence-corrected chi connectivity index (χ1v) is 7.68. The Balaban J connectivity index is 1.78. The minimum Gasteiger partial charge on any atom is -0.355 e. The fourth-order valence-electron chi connectivity index (χ4n) is 2.33. The zero-order chi connectivity index (χ0) is 16.7. The van der Waals surface area contributed by atoms with Gasteiger partial charge in [-0.2, -0.15) is 0 Å². The molecule has 2 N–H and O–H groups in total. The second kappa shape index (κ2) is 8.24. The van der Waals surface area contributed by atoms with Crippen LogP contribution in [0.1, 0.15) is 18.4 Å². The van der Waals surface area contributed by atoms with E-state index in [1.807, 2.05) is 19.2 Å². The van der Waals surface area contributed by atoms with Crippen LogP contribution in [0.5, 0.6) is 0 Å². The van der Waals surface area contributed by atoms with Crippen molar-refractivity contribution in [2.75, 3.05) is 25.0 Å². The van der Waals surface area contributed by atoms with E-state index in [0.717, 1.165) is 29.8 Å². The smallest absolute Gasteiger partial charge is 0.258 e. The number of likely N-dealkylation sites (N-methyl/N-ethyl adjacent to an activating group) is 1. The van der Waals surface area contributed by atoms with Crippen LogP contribution < -0.4 is 15.5 Å². The highest BCUT2D eigenvalue weighted by molar-refractivity contribution is 6.28. The molecule has 0 bridgehead atoms. The van der Waals surface area contributed by atoms with Crippen LogP contribution in [0.4, 0.5) is 5.69 Å². The van der Waals surface area contributed by atoms with Gasteiger partial charge < -0.3 is 10.6 Å². The van der Waals surface area contributed by atoms with Crippen molar-refractivity contribution in [3.8, 4) is 0 Å². The average molecular weight is 315 g/mol. The van der Waals surface area contributed by atoms with Gasteiger partial charge in [-0.1, -0.05) is 12.1 Å². The highest BCUT2D eigenvalue weighted by Crippen LogP contribution is 2.20. The molecule has 0 saturated carbocycles. The van der Waals surface area contributed by atoms with Crippen molar-refractivity contribution in [3.63, 3.8) is 0 Å². The maximum atomic E-state index is 11.6. The van der Waals surface area contributed by atoms with Crippen LogP contribution in [0, 0.1) is 0 Å². The quantitative estimate of drug-likeness (QED) is 0.549. The van der Waals surface area contributed by atoms with E-state index >= 15 is 0 Å². The van der Waals surface area contributed by atoms with E-state index < -0.39 is 0 Å². The molecule has 122 valence electrons. The van der Waals surface area contributed by atoms with Gasteiger partial charge in [-0.05, 0) is 37.6 Å². The Kier molecular flexibility index (Phi) is 6.05. The first kappa shape index (κ1) is 16.9. The van der Waals surface area contributed by atoms with Crippen molar-refractivity contribution in [1.82, 2.24) is 10.6 Å². The van der Waals surface area contributed by atoms with E-state index in [9.17, 15) is 14.4 Å². The summed E-state index contributed by atoms with van der Waals surface area (Å²) in [6.07, 6.45) is 4.55. The molecule has 1 aliphatic heterocycles. The summed E-state index contributed by atoms with van der Waals surface area (Å²) < 4.78 is 0. The summed E-state index contributed by atoms with van der Waals surface area (Å²) in [7, 11) is 1.84.